The van der Waals surface area contributed by atoms with Crippen molar-refractivity contribution >= 4 is 5.70 Å². The van der Waals surface area contributed by atoms with E-state index >= 15 is 0 Å². The van der Waals surface area contributed by atoms with Gasteiger partial charge in [0.1, 0.15) is 5.67 Å². The summed E-state index contributed by atoms with van der Waals surface area (Å²) in [5.41, 5.74) is 0.319. The summed E-state index contributed by atoms with van der Waals surface area (Å²) in [6.07, 6.45) is -2.89. The molecule has 0 radical (unpaired) electrons. The molecule has 0 fully saturated rings. The SMILES string of the molecule is C=C(NCc1cccc(C(F)(F)F)c1)c1nccc(C(C)(C)F)c1C. The predicted octanol–water partition coefficient (Wildman–Crippen LogP) is 5.37. The van der Waals surface area contributed by atoms with Gasteiger partial charge < -0.3 is 5.32 Å². The quantitative estimate of drug-likeness (QED) is 0.732. The number of nitrogens with zero attached hydrogens (tertiary/aromatic N) is 1. The van der Waals surface area contributed by atoms with Crippen LogP contribution in [0.15, 0.2) is 43.1 Å². The van der Waals surface area contributed by atoms with Crippen LogP contribution in [0.1, 0.15) is 41.8 Å². The number of alkyl halides is 4. The van der Waals surface area contributed by atoms with Gasteiger partial charge in [-0.15, -0.1) is 0 Å². The number of halogens is 4. The van der Waals surface area contributed by atoms with E-state index in [1.165, 1.54) is 26.1 Å². The molecule has 25 heavy (non-hydrogen) atoms. The minimum Gasteiger partial charge on any atom is -0.380 e. The molecule has 1 N–H and O–H groups in total. The lowest BCUT2D eigenvalue weighted by Gasteiger charge is -2.20. The van der Waals surface area contributed by atoms with Crippen LogP contribution in [0.3, 0.4) is 0 Å². The van der Waals surface area contributed by atoms with Crippen LogP contribution in [-0.4, -0.2) is 4.98 Å². The summed E-state index contributed by atoms with van der Waals surface area (Å²) in [6, 6.07) is 6.67. The molecule has 0 amide bonds. The van der Waals surface area contributed by atoms with Gasteiger partial charge in [-0.1, -0.05) is 18.7 Å². The second-order valence-corrected chi connectivity index (χ2v) is 6.33. The molecule has 1 aromatic heterocycles. The van der Waals surface area contributed by atoms with Gasteiger partial charge in [-0.05, 0) is 55.7 Å². The van der Waals surface area contributed by atoms with Gasteiger partial charge >= 0.3 is 6.18 Å². The molecule has 0 unspecified atom stereocenters. The van der Waals surface area contributed by atoms with Crippen LogP contribution < -0.4 is 5.32 Å². The summed E-state index contributed by atoms with van der Waals surface area (Å²) < 4.78 is 52.5. The molecule has 0 bridgehead atoms. The summed E-state index contributed by atoms with van der Waals surface area (Å²) in [4.78, 5) is 4.21. The molecule has 1 aromatic carbocycles. The Morgan fingerprint density at radius 2 is 1.84 bits per heavy atom. The summed E-state index contributed by atoms with van der Waals surface area (Å²) in [5.74, 6) is 0. The topological polar surface area (TPSA) is 24.9 Å². The van der Waals surface area contributed by atoms with Crippen LogP contribution in [0.2, 0.25) is 0 Å². The lowest BCUT2D eigenvalue weighted by molar-refractivity contribution is -0.137. The van der Waals surface area contributed by atoms with E-state index in [1.807, 2.05) is 0 Å². The maximum atomic E-state index is 14.2. The molecule has 2 nitrogen and oxygen atoms in total. The van der Waals surface area contributed by atoms with E-state index < -0.39 is 17.4 Å². The minimum absolute atomic E-state index is 0.160. The fourth-order valence-corrected chi connectivity index (χ4v) is 2.63. The van der Waals surface area contributed by atoms with Crippen LogP contribution in [0.25, 0.3) is 5.70 Å². The number of rotatable bonds is 5. The molecule has 0 aliphatic carbocycles. The van der Waals surface area contributed by atoms with Crippen molar-refractivity contribution in [3.8, 4) is 0 Å². The number of pyridine rings is 1. The second kappa shape index (κ2) is 6.86. The molecule has 0 aliphatic heterocycles. The zero-order valence-electron chi connectivity index (χ0n) is 14.3. The molecule has 0 saturated carbocycles. The number of aromatic nitrogens is 1. The molecule has 6 heteroatoms. The first kappa shape index (κ1) is 19.0. The molecule has 0 atom stereocenters. The Bertz CT molecular complexity index is 774. The van der Waals surface area contributed by atoms with Gasteiger partial charge in [-0.3, -0.25) is 4.98 Å². The van der Waals surface area contributed by atoms with E-state index in [-0.39, 0.29) is 6.54 Å². The largest absolute Gasteiger partial charge is 0.416 e. The predicted molar refractivity (Wildman–Crippen MR) is 90.4 cm³/mol. The average Bonchev–Trinajstić information content (AvgIpc) is 2.51. The third-order valence-electron chi connectivity index (χ3n) is 3.89. The first-order chi connectivity index (χ1) is 11.5. The molecule has 134 valence electrons. The molecular formula is C19H20F4N2. The van der Waals surface area contributed by atoms with E-state index in [0.717, 1.165) is 12.1 Å². The average molecular weight is 352 g/mol. The highest BCUT2D eigenvalue weighted by molar-refractivity contribution is 5.62. The highest BCUT2D eigenvalue weighted by atomic mass is 19.4. The van der Waals surface area contributed by atoms with Gasteiger partial charge in [0, 0.05) is 12.7 Å². The van der Waals surface area contributed by atoms with Crippen molar-refractivity contribution in [3.05, 3.63) is 71.1 Å². The Balaban J connectivity index is 2.17. The zero-order chi connectivity index (χ0) is 18.8. The molecule has 1 heterocycles. The summed E-state index contributed by atoms with van der Waals surface area (Å²) in [5, 5.41) is 2.97. The maximum Gasteiger partial charge on any atom is 0.416 e. The third-order valence-corrected chi connectivity index (χ3v) is 3.89. The lowest BCUT2D eigenvalue weighted by Crippen LogP contribution is -2.17. The van der Waals surface area contributed by atoms with E-state index in [4.69, 9.17) is 0 Å². The third kappa shape index (κ3) is 4.59. The van der Waals surface area contributed by atoms with Crippen molar-refractivity contribution in [3.63, 3.8) is 0 Å². The van der Waals surface area contributed by atoms with Crippen molar-refractivity contribution in [2.75, 3.05) is 0 Å². The Labute approximate surface area is 144 Å². The van der Waals surface area contributed by atoms with Gasteiger partial charge in [0.05, 0.1) is 17.0 Å². The number of benzene rings is 1. The Morgan fingerprint density at radius 3 is 2.44 bits per heavy atom. The van der Waals surface area contributed by atoms with Gasteiger partial charge in [-0.25, -0.2) is 4.39 Å². The van der Waals surface area contributed by atoms with E-state index in [2.05, 4.69) is 16.9 Å². The monoisotopic (exact) mass is 352 g/mol. The summed E-state index contributed by atoms with van der Waals surface area (Å²) in [7, 11) is 0. The Morgan fingerprint density at radius 1 is 1.16 bits per heavy atom. The Kier molecular flexibility index (Phi) is 5.20. The van der Waals surface area contributed by atoms with E-state index in [0.29, 0.717) is 28.1 Å². The Hall–Kier alpha value is -2.37. The first-order valence-electron chi connectivity index (χ1n) is 7.74. The van der Waals surface area contributed by atoms with Crippen LogP contribution in [-0.2, 0) is 18.4 Å². The molecule has 0 spiro atoms. The number of hydrogen-bond acceptors (Lipinski definition) is 2. The van der Waals surface area contributed by atoms with Crippen LogP contribution in [0.5, 0.6) is 0 Å². The first-order valence-corrected chi connectivity index (χ1v) is 7.74. The fraction of sp³-hybridized carbons (Fsp3) is 0.316. The highest BCUT2D eigenvalue weighted by Crippen LogP contribution is 2.31. The number of hydrogen-bond donors (Lipinski definition) is 1. The molecular weight excluding hydrogens is 332 g/mol. The normalized spacial score (nSPS) is 12.1. The van der Waals surface area contributed by atoms with Gasteiger partial charge in [0.2, 0.25) is 0 Å². The van der Waals surface area contributed by atoms with Gasteiger partial charge in [-0.2, -0.15) is 13.2 Å². The molecule has 2 rings (SSSR count). The molecule has 0 saturated heterocycles. The summed E-state index contributed by atoms with van der Waals surface area (Å²) >= 11 is 0. The lowest BCUT2D eigenvalue weighted by atomic mass is 9.94. The van der Waals surface area contributed by atoms with Crippen molar-refractivity contribution in [2.45, 2.75) is 39.2 Å². The van der Waals surface area contributed by atoms with E-state index in [1.54, 1.807) is 19.1 Å². The second-order valence-electron chi connectivity index (χ2n) is 6.33. The minimum atomic E-state index is -4.38. The van der Waals surface area contributed by atoms with Crippen molar-refractivity contribution in [2.24, 2.45) is 0 Å². The fourth-order valence-electron chi connectivity index (χ4n) is 2.63. The van der Waals surface area contributed by atoms with Gasteiger partial charge in [0.15, 0.2) is 0 Å². The van der Waals surface area contributed by atoms with Crippen LogP contribution in [0, 0.1) is 6.92 Å². The summed E-state index contributed by atoms with van der Waals surface area (Å²) in [6.45, 7) is 8.70. The van der Waals surface area contributed by atoms with Gasteiger partial charge in [0.25, 0.3) is 0 Å². The highest BCUT2D eigenvalue weighted by Gasteiger charge is 2.30. The van der Waals surface area contributed by atoms with Crippen molar-refractivity contribution < 1.29 is 17.6 Å². The maximum absolute atomic E-state index is 14.2. The smallest absolute Gasteiger partial charge is 0.380 e. The molecule has 2 aromatic rings. The molecule has 0 aliphatic rings. The van der Waals surface area contributed by atoms with Crippen molar-refractivity contribution in [1.29, 1.82) is 0 Å². The zero-order valence-corrected chi connectivity index (χ0v) is 14.3. The standard InChI is InChI=1S/C19H20F4N2/c1-12-16(18(3,4)20)8-9-24-17(12)13(2)25-11-14-6-5-7-15(10-14)19(21,22)23/h5-10,25H,2,11H2,1,3-4H3. The van der Waals surface area contributed by atoms with Crippen molar-refractivity contribution in [1.82, 2.24) is 10.3 Å². The van der Waals surface area contributed by atoms with Crippen LogP contribution >= 0.6 is 0 Å². The number of nitrogens with one attached hydrogen (secondary N) is 1. The van der Waals surface area contributed by atoms with E-state index in [9.17, 15) is 17.6 Å². The van der Waals surface area contributed by atoms with Crippen LogP contribution in [0.4, 0.5) is 17.6 Å².